The lowest BCUT2D eigenvalue weighted by molar-refractivity contribution is 0.0292. The van der Waals surface area contributed by atoms with Crippen LogP contribution in [0.1, 0.15) is 85.1 Å². The Morgan fingerprint density at radius 1 is 0.931 bits per heavy atom. The average molecular weight is 402 g/mol. The van der Waals surface area contributed by atoms with Crippen LogP contribution in [0.4, 0.5) is 4.79 Å². The SMILES string of the molecule is CC(C)(C)OC(=O)N1CCC(c2ccc(OC3CCC(C(C)(C)C)CC3)cc2)C1. The molecule has 0 radical (unpaired) electrons. The number of benzene rings is 1. The molecule has 0 N–H and O–H groups in total. The van der Waals surface area contributed by atoms with E-state index in [1.54, 1.807) is 0 Å². The number of ether oxygens (including phenoxy) is 2. The molecule has 4 heteroatoms. The second kappa shape index (κ2) is 8.57. The molecule has 1 aromatic carbocycles. The third kappa shape index (κ3) is 6.13. The van der Waals surface area contributed by atoms with Gasteiger partial charge in [0.25, 0.3) is 0 Å². The van der Waals surface area contributed by atoms with Crippen LogP contribution in [0.2, 0.25) is 0 Å². The van der Waals surface area contributed by atoms with Crippen molar-refractivity contribution in [2.75, 3.05) is 13.1 Å². The zero-order valence-electron chi connectivity index (χ0n) is 19.2. The molecule has 1 aliphatic heterocycles. The zero-order chi connectivity index (χ0) is 21.2. The van der Waals surface area contributed by atoms with Gasteiger partial charge < -0.3 is 14.4 Å². The largest absolute Gasteiger partial charge is 0.490 e. The smallest absolute Gasteiger partial charge is 0.410 e. The van der Waals surface area contributed by atoms with Crippen LogP contribution in [0.25, 0.3) is 0 Å². The van der Waals surface area contributed by atoms with E-state index in [1.807, 2.05) is 25.7 Å². The summed E-state index contributed by atoms with van der Waals surface area (Å²) in [7, 11) is 0. The Balaban J connectivity index is 1.49. The van der Waals surface area contributed by atoms with E-state index in [0.29, 0.717) is 17.4 Å². The quantitative estimate of drug-likeness (QED) is 0.588. The van der Waals surface area contributed by atoms with Crippen LogP contribution in [-0.4, -0.2) is 35.8 Å². The fraction of sp³-hybridized carbons (Fsp3) is 0.720. The van der Waals surface area contributed by atoms with Crippen molar-refractivity contribution in [3.63, 3.8) is 0 Å². The summed E-state index contributed by atoms with van der Waals surface area (Å²) in [6.07, 6.45) is 5.94. The summed E-state index contributed by atoms with van der Waals surface area (Å²) >= 11 is 0. The van der Waals surface area contributed by atoms with E-state index in [0.717, 1.165) is 44.0 Å². The van der Waals surface area contributed by atoms with Crippen LogP contribution in [0.3, 0.4) is 0 Å². The highest BCUT2D eigenvalue weighted by Gasteiger charge is 2.32. The number of hydrogen-bond acceptors (Lipinski definition) is 3. The molecule has 2 fully saturated rings. The highest BCUT2D eigenvalue weighted by molar-refractivity contribution is 5.68. The highest BCUT2D eigenvalue weighted by Crippen LogP contribution is 2.39. The third-order valence-corrected chi connectivity index (χ3v) is 6.39. The van der Waals surface area contributed by atoms with Gasteiger partial charge in [-0.2, -0.15) is 0 Å². The van der Waals surface area contributed by atoms with Crippen LogP contribution in [-0.2, 0) is 4.74 Å². The van der Waals surface area contributed by atoms with Gasteiger partial charge in [0, 0.05) is 19.0 Å². The predicted octanol–water partition coefficient (Wildman–Crippen LogP) is 6.39. The minimum absolute atomic E-state index is 0.203. The number of nitrogens with zero attached hydrogens (tertiary/aromatic N) is 1. The lowest BCUT2D eigenvalue weighted by Gasteiger charge is -2.37. The van der Waals surface area contributed by atoms with Crippen molar-refractivity contribution < 1.29 is 14.3 Å². The minimum Gasteiger partial charge on any atom is -0.490 e. The summed E-state index contributed by atoms with van der Waals surface area (Å²) in [5.74, 6) is 2.15. The first-order valence-electron chi connectivity index (χ1n) is 11.3. The Morgan fingerprint density at radius 2 is 1.55 bits per heavy atom. The van der Waals surface area contributed by atoms with Crippen LogP contribution < -0.4 is 4.74 Å². The normalized spacial score (nSPS) is 25.7. The van der Waals surface area contributed by atoms with Gasteiger partial charge in [-0.3, -0.25) is 0 Å². The number of rotatable bonds is 3. The molecule has 1 atom stereocenters. The summed E-state index contributed by atoms with van der Waals surface area (Å²) in [5.41, 5.74) is 1.24. The van der Waals surface area contributed by atoms with Gasteiger partial charge >= 0.3 is 6.09 Å². The molecule has 0 bridgehead atoms. The Kier molecular flexibility index (Phi) is 6.50. The van der Waals surface area contributed by atoms with E-state index in [4.69, 9.17) is 9.47 Å². The Morgan fingerprint density at radius 3 is 2.10 bits per heavy atom. The van der Waals surface area contributed by atoms with Crippen molar-refractivity contribution in [3.05, 3.63) is 29.8 Å². The lowest BCUT2D eigenvalue weighted by Crippen LogP contribution is -2.35. The van der Waals surface area contributed by atoms with Gasteiger partial charge in [-0.25, -0.2) is 4.79 Å². The fourth-order valence-corrected chi connectivity index (χ4v) is 4.58. The maximum Gasteiger partial charge on any atom is 0.410 e. The van der Waals surface area contributed by atoms with Gasteiger partial charge in [0.15, 0.2) is 0 Å². The maximum atomic E-state index is 12.3. The van der Waals surface area contributed by atoms with E-state index in [-0.39, 0.29) is 6.09 Å². The summed E-state index contributed by atoms with van der Waals surface area (Å²) in [6.45, 7) is 14.3. The average Bonchev–Trinajstić information content (AvgIpc) is 3.11. The molecule has 1 aromatic rings. The first-order valence-corrected chi connectivity index (χ1v) is 11.3. The second-order valence-electron chi connectivity index (χ2n) is 10.9. The van der Waals surface area contributed by atoms with Crippen molar-refractivity contribution in [3.8, 4) is 5.75 Å². The molecule has 0 aromatic heterocycles. The van der Waals surface area contributed by atoms with Crippen LogP contribution in [0.15, 0.2) is 24.3 Å². The minimum atomic E-state index is -0.444. The molecule has 29 heavy (non-hydrogen) atoms. The second-order valence-corrected chi connectivity index (χ2v) is 10.9. The Bertz CT molecular complexity index is 676. The number of amides is 1. The van der Waals surface area contributed by atoms with Gasteiger partial charge in [-0.15, -0.1) is 0 Å². The first kappa shape index (κ1) is 22.0. The van der Waals surface area contributed by atoms with Crippen molar-refractivity contribution in [1.82, 2.24) is 4.90 Å². The predicted molar refractivity (Wildman–Crippen MR) is 117 cm³/mol. The number of hydrogen-bond donors (Lipinski definition) is 0. The monoisotopic (exact) mass is 401 g/mol. The van der Waals surface area contributed by atoms with Crippen molar-refractivity contribution in [2.45, 2.75) is 91.3 Å². The highest BCUT2D eigenvalue weighted by atomic mass is 16.6. The van der Waals surface area contributed by atoms with E-state index in [2.05, 4.69) is 45.0 Å². The molecule has 1 heterocycles. The van der Waals surface area contributed by atoms with E-state index in [1.165, 1.54) is 18.4 Å². The third-order valence-electron chi connectivity index (χ3n) is 6.39. The van der Waals surface area contributed by atoms with E-state index < -0.39 is 5.60 Å². The molecule has 1 unspecified atom stereocenters. The van der Waals surface area contributed by atoms with Crippen molar-refractivity contribution in [1.29, 1.82) is 0 Å². The van der Waals surface area contributed by atoms with Gasteiger partial charge in [0.1, 0.15) is 11.4 Å². The lowest BCUT2D eigenvalue weighted by atomic mass is 9.72. The standard InChI is InChI=1S/C25H39NO3/c1-24(2,3)20-9-13-22(14-10-20)28-21-11-7-18(8-12-21)19-15-16-26(17-19)23(27)29-25(4,5)6/h7-8,11-12,19-20,22H,9-10,13-17H2,1-6H3. The fourth-order valence-electron chi connectivity index (χ4n) is 4.58. The summed E-state index contributed by atoms with van der Waals surface area (Å²) in [5, 5.41) is 0. The molecule has 0 spiro atoms. The molecular weight excluding hydrogens is 362 g/mol. The maximum absolute atomic E-state index is 12.3. The molecule has 162 valence electrons. The molecule has 3 rings (SSSR count). The van der Waals surface area contributed by atoms with Gasteiger partial charge in [0.2, 0.25) is 0 Å². The summed E-state index contributed by atoms with van der Waals surface area (Å²) in [6, 6.07) is 8.53. The molecular formula is C25H39NO3. The van der Waals surface area contributed by atoms with Gasteiger partial charge in [-0.1, -0.05) is 32.9 Å². The summed E-state index contributed by atoms with van der Waals surface area (Å²) < 4.78 is 11.8. The van der Waals surface area contributed by atoms with Crippen LogP contribution in [0.5, 0.6) is 5.75 Å². The molecule has 2 aliphatic rings. The number of carbonyl (C=O) groups excluding carboxylic acids is 1. The molecule has 1 amide bonds. The molecule has 4 nitrogen and oxygen atoms in total. The van der Waals surface area contributed by atoms with Crippen LogP contribution >= 0.6 is 0 Å². The molecule has 1 saturated heterocycles. The first-order chi connectivity index (χ1) is 13.5. The van der Waals surface area contributed by atoms with E-state index in [9.17, 15) is 4.79 Å². The zero-order valence-corrected chi connectivity index (χ0v) is 19.2. The van der Waals surface area contributed by atoms with Crippen molar-refractivity contribution >= 4 is 6.09 Å². The Hall–Kier alpha value is -1.71. The van der Waals surface area contributed by atoms with Crippen molar-refractivity contribution in [2.24, 2.45) is 11.3 Å². The molecule has 1 aliphatic carbocycles. The van der Waals surface area contributed by atoms with Gasteiger partial charge in [-0.05, 0) is 81.9 Å². The molecule has 1 saturated carbocycles. The number of carbonyl (C=O) groups is 1. The van der Waals surface area contributed by atoms with Gasteiger partial charge in [0.05, 0.1) is 6.10 Å². The summed E-state index contributed by atoms with van der Waals surface area (Å²) in [4.78, 5) is 14.1. The number of likely N-dealkylation sites (tertiary alicyclic amines) is 1. The van der Waals surface area contributed by atoms with Crippen LogP contribution in [0, 0.1) is 11.3 Å². The van der Waals surface area contributed by atoms with E-state index >= 15 is 0 Å². The topological polar surface area (TPSA) is 38.8 Å². The Labute approximate surface area is 177 Å².